The molecule has 0 fully saturated rings. The predicted molar refractivity (Wildman–Crippen MR) is 112 cm³/mol. The molecular weight excluding hydrogens is 416 g/mol. The minimum atomic E-state index is -3.61. The molecule has 0 saturated heterocycles. The average molecular weight is 435 g/mol. The lowest BCUT2D eigenvalue weighted by atomic mass is 10.2. The van der Waals surface area contributed by atoms with Crippen molar-refractivity contribution in [2.45, 2.75) is 24.8 Å². The van der Waals surface area contributed by atoms with Gasteiger partial charge < -0.3 is 4.74 Å². The molecule has 1 aliphatic heterocycles. The summed E-state index contributed by atoms with van der Waals surface area (Å²) in [6.07, 6.45) is 0.598. The summed E-state index contributed by atoms with van der Waals surface area (Å²) in [4.78, 5) is 5.99. The summed E-state index contributed by atoms with van der Waals surface area (Å²) in [5.74, 6) is 0.791. The first-order valence-corrected chi connectivity index (χ1v) is 11.4. The van der Waals surface area contributed by atoms with Crippen molar-refractivity contribution in [1.82, 2.24) is 9.29 Å². The molecule has 0 spiro atoms. The predicted octanol–water partition coefficient (Wildman–Crippen LogP) is 4.53. The van der Waals surface area contributed by atoms with Gasteiger partial charge in [-0.2, -0.15) is 4.31 Å². The van der Waals surface area contributed by atoms with Crippen LogP contribution in [0.25, 0.3) is 10.6 Å². The zero-order chi connectivity index (χ0) is 19.9. The Kier molecular flexibility index (Phi) is 5.18. The van der Waals surface area contributed by atoms with Gasteiger partial charge in [-0.05, 0) is 48.9 Å². The minimum absolute atomic E-state index is 0.267. The van der Waals surface area contributed by atoms with E-state index >= 15 is 0 Å². The first kappa shape index (κ1) is 19.4. The second-order valence-electron chi connectivity index (χ2n) is 6.57. The molecule has 8 heteroatoms. The van der Waals surface area contributed by atoms with Gasteiger partial charge in [0.25, 0.3) is 0 Å². The van der Waals surface area contributed by atoms with Crippen molar-refractivity contribution >= 4 is 33.0 Å². The molecule has 5 nitrogen and oxygen atoms in total. The smallest absolute Gasteiger partial charge is 0.243 e. The first-order valence-electron chi connectivity index (χ1n) is 8.78. The molecule has 0 N–H and O–H groups in total. The van der Waals surface area contributed by atoms with Crippen LogP contribution in [0.5, 0.6) is 5.75 Å². The number of aromatic nitrogens is 1. The normalized spacial score (nSPS) is 14.7. The van der Waals surface area contributed by atoms with Gasteiger partial charge in [-0.3, -0.25) is 0 Å². The summed E-state index contributed by atoms with van der Waals surface area (Å²) in [6, 6.07) is 12.7. The van der Waals surface area contributed by atoms with Crippen LogP contribution < -0.4 is 4.74 Å². The number of sulfonamides is 1. The fraction of sp³-hybridized carbons (Fsp3) is 0.250. The number of hydrogen-bond acceptors (Lipinski definition) is 5. The Morgan fingerprint density at radius 3 is 2.64 bits per heavy atom. The third-order valence-corrected chi connectivity index (χ3v) is 8.40. The molecule has 1 aromatic heterocycles. The second-order valence-corrected chi connectivity index (χ2v) is 9.97. The van der Waals surface area contributed by atoms with Gasteiger partial charge in [0.2, 0.25) is 10.0 Å². The lowest BCUT2D eigenvalue weighted by molar-refractivity contribution is 0.392. The number of hydrogen-bond donors (Lipinski definition) is 0. The molecule has 28 heavy (non-hydrogen) atoms. The molecule has 2 aromatic carbocycles. The number of nitrogens with zero attached hydrogens (tertiary/aromatic N) is 2. The molecule has 2 heterocycles. The van der Waals surface area contributed by atoms with Gasteiger partial charge >= 0.3 is 0 Å². The van der Waals surface area contributed by atoms with E-state index in [-0.39, 0.29) is 4.90 Å². The van der Waals surface area contributed by atoms with Gasteiger partial charge in [-0.25, -0.2) is 13.4 Å². The number of benzene rings is 2. The maximum atomic E-state index is 13.2. The van der Waals surface area contributed by atoms with E-state index < -0.39 is 10.0 Å². The van der Waals surface area contributed by atoms with Crippen molar-refractivity contribution in [3.63, 3.8) is 0 Å². The quantitative estimate of drug-likeness (QED) is 0.605. The number of thiazole rings is 1. The van der Waals surface area contributed by atoms with Gasteiger partial charge in [-0.15, -0.1) is 11.3 Å². The fourth-order valence-corrected chi connectivity index (χ4v) is 6.34. The van der Waals surface area contributed by atoms with Crippen molar-refractivity contribution in [2.24, 2.45) is 0 Å². The Bertz CT molecular complexity index is 1120. The number of ether oxygens (including phenoxy) is 1. The SMILES string of the molecule is COc1ccc(-c2nc3c(s2)CN(S(=O)(=O)c2cccc(Cl)c2C)CC3)cc1. The summed E-state index contributed by atoms with van der Waals surface area (Å²) in [7, 11) is -1.98. The number of fused-ring (bicyclic) bond motifs is 1. The lowest BCUT2D eigenvalue weighted by Crippen LogP contribution is -2.35. The van der Waals surface area contributed by atoms with E-state index in [0.717, 1.165) is 26.9 Å². The Labute approximate surface area is 173 Å². The number of halogens is 1. The Balaban J connectivity index is 1.63. The Morgan fingerprint density at radius 2 is 1.93 bits per heavy atom. The van der Waals surface area contributed by atoms with Gasteiger partial charge in [0.05, 0.1) is 24.2 Å². The maximum Gasteiger partial charge on any atom is 0.243 e. The molecule has 3 aromatic rings. The molecule has 0 radical (unpaired) electrons. The second kappa shape index (κ2) is 7.48. The van der Waals surface area contributed by atoms with Gasteiger partial charge in [0.1, 0.15) is 10.8 Å². The molecule has 0 atom stereocenters. The van der Waals surface area contributed by atoms with Gasteiger partial charge in [0.15, 0.2) is 0 Å². The summed E-state index contributed by atoms with van der Waals surface area (Å²) < 4.78 is 33.0. The van der Waals surface area contributed by atoms with Crippen LogP contribution in [-0.2, 0) is 23.0 Å². The Morgan fingerprint density at radius 1 is 1.18 bits per heavy atom. The topological polar surface area (TPSA) is 59.5 Å². The lowest BCUT2D eigenvalue weighted by Gasteiger charge is -2.26. The molecular formula is C20H19ClN2O3S2. The van der Waals surface area contributed by atoms with Crippen molar-refractivity contribution in [1.29, 1.82) is 0 Å². The highest BCUT2D eigenvalue weighted by molar-refractivity contribution is 7.89. The highest BCUT2D eigenvalue weighted by atomic mass is 35.5. The number of rotatable bonds is 4. The van der Waals surface area contributed by atoms with Crippen LogP contribution in [0.2, 0.25) is 5.02 Å². The van der Waals surface area contributed by atoms with E-state index in [1.807, 2.05) is 24.3 Å². The van der Waals surface area contributed by atoms with E-state index in [4.69, 9.17) is 21.3 Å². The zero-order valence-electron chi connectivity index (χ0n) is 15.5. The molecule has 0 saturated carbocycles. The monoisotopic (exact) mass is 434 g/mol. The van der Waals surface area contributed by atoms with E-state index in [9.17, 15) is 8.42 Å². The molecule has 146 valence electrons. The number of methoxy groups -OCH3 is 1. The Hall–Kier alpha value is -1.93. The van der Waals surface area contributed by atoms with Crippen LogP contribution in [0, 0.1) is 6.92 Å². The van der Waals surface area contributed by atoms with Crippen LogP contribution in [0.1, 0.15) is 16.1 Å². The molecule has 1 aliphatic rings. The van der Waals surface area contributed by atoms with Crippen molar-refractivity contribution in [3.8, 4) is 16.3 Å². The van der Waals surface area contributed by atoms with Crippen LogP contribution in [-0.4, -0.2) is 31.4 Å². The molecule has 0 aliphatic carbocycles. The van der Waals surface area contributed by atoms with Crippen molar-refractivity contribution in [3.05, 3.63) is 63.6 Å². The summed E-state index contributed by atoms with van der Waals surface area (Å²) in [6.45, 7) is 2.48. The largest absolute Gasteiger partial charge is 0.497 e. The average Bonchev–Trinajstić information content (AvgIpc) is 3.13. The van der Waals surface area contributed by atoms with Crippen LogP contribution in [0.4, 0.5) is 0 Å². The maximum absolute atomic E-state index is 13.2. The van der Waals surface area contributed by atoms with Crippen molar-refractivity contribution in [2.75, 3.05) is 13.7 Å². The molecule has 4 rings (SSSR count). The molecule has 0 amide bonds. The first-order chi connectivity index (χ1) is 13.4. The van der Waals surface area contributed by atoms with Crippen molar-refractivity contribution < 1.29 is 13.2 Å². The zero-order valence-corrected chi connectivity index (χ0v) is 17.9. The fourth-order valence-electron chi connectivity index (χ4n) is 3.24. The molecule has 0 unspecified atom stereocenters. The summed E-state index contributed by atoms with van der Waals surface area (Å²) in [5, 5.41) is 1.35. The molecule has 0 bridgehead atoms. The van der Waals surface area contributed by atoms with Crippen LogP contribution in [0.3, 0.4) is 0 Å². The summed E-state index contributed by atoms with van der Waals surface area (Å²) >= 11 is 7.67. The van der Waals surface area contributed by atoms with E-state index in [0.29, 0.717) is 30.1 Å². The van der Waals surface area contributed by atoms with Gasteiger partial charge in [0, 0.05) is 28.4 Å². The highest BCUT2D eigenvalue weighted by Crippen LogP contribution is 2.35. The summed E-state index contributed by atoms with van der Waals surface area (Å²) in [5.41, 5.74) is 2.56. The van der Waals surface area contributed by atoms with E-state index in [1.54, 1.807) is 43.6 Å². The van der Waals surface area contributed by atoms with Crippen LogP contribution in [0.15, 0.2) is 47.4 Å². The third kappa shape index (κ3) is 3.43. The third-order valence-electron chi connectivity index (χ3n) is 4.87. The van der Waals surface area contributed by atoms with E-state index in [1.165, 1.54) is 4.31 Å². The van der Waals surface area contributed by atoms with E-state index in [2.05, 4.69) is 0 Å². The highest BCUT2D eigenvalue weighted by Gasteiger charge is 2.31. The minimum Gasteiger partial charge on any atom is -0.497 e. The standard InChI is InChI=1S/C20H19ClN2O3S2/c1-13-16(21)4-3-5-19(13)28(24,25)23-11-10-17-18(12-23)27-20(22-17)14-6-8-15(26-2)9-7-14/h3-9H,10-12H2,1-2H3. The van der Waals surface area contributed by atoms with Gasteiger partial charge in [-0.1, -0.05) is 17.7 Å². The van der Waals surface area contributed by atoms with Crippen LogP contribution >= 0.6 is 22.9 Å².